The van der Waals surface area contributed by atoms with Crippen molar-refractivity contribution in [2.24, 2.45) is 5.92 Å². The molecule has 8 heteroatoms. The molecule has 1 heterocycles. The summed E-state index contributed by atoms with van der Waals surface area (Å²) in [6.45, 7) is 4.91. The maximum absolute atomic E-state index is 12.2. The summed E-state index contributed by atoms with van der Waals surface area (Å²) in [6.07, 6.45) is 8.35. The molecule has 1 aromatic carbocycles. The summed E-state index contributed by atoms with van der Waals surface area (Å²) in [5, 5.41) is 14.8. The van der Waals surface area contributed by atoms with Crippen molar-refractivity contribution in [1.29, 1.82) is 0 Å². The number of piperazine rings is 1. The molecular weight excluding hydrogens is 376 g/mol. The monoisotopic (exact) mass is 404 g/mol. The van der Waals surface area contributed by atoms with E-state index in [1.807, 2.05) is 35.2 Å². The van der Waals surface area contributed by atoms with E-state index in [0.29, 0.717) is 0 Å². The molecule has 2 aliphatic rings. The summed E-state index contributed by atoms with van der Waals surface area (Å²) in [7, 11) is 0. The predicted molar refractivity (Wildman–Crippen MR) is 107 cm³/mol. The SMILES string of the molecule is O=C(COc1ccccc1)N1CCN(CC2CC=CCC2)CC1.O=C(O)C(=O)O. The van der Waals surface area contributed by atoms with Gasteiger partial charge in [0, 0.05) is 32.7 Å². The van der Waals surface area contributed by atoms with Gasteiger partial charge in [-0.2, -0.15) is 0 Å². The molecule has 1 saturated heterocycles. The summed E-state index contributed by atoms with van der Waals surface area (Å²) in [4.78, 5) is 34.9. The van der Waals surface area contributed by atoms with Crippen molar-refractivity contribution in [1.82, 2.24) is 9.80 Å². The van der Waals surface area contributed by atoms with Gasteiger partial charge in [-0.3, -0.25) is 9.69 Å². The zero-order valence-electron chi connectivity index (χ0n) is 16.4. The number of aliphatic carboxylic acids is 2. The van der Waals surface area contributed by atoms with Gasteiger partial charge >= 0.3 is 11.9 Å². The lowest BCUT2D eigenvalue weighted by molar-refractivity contribution is -0.159. The van der Waals surface area contributed by atoms with Crippen molar-refractivity contribution in [2.75, 3.05) is 39.3 Å². The van der Waals surface area contributed by atoms with Gasteiger partial charge in [0.2, 0.25) is 0 Å². The standard InChI is InChI=1S/C19H26N2O2.C2H2O4/c22-19(16-23-18-9-5-2-6-10-18)21-13-11-20(12-14-21)15-17-7-3-1-4-8-17;3-1(4)2(5)6/h1-3,5-6,9-10,17H,4,7-8,11-16H2;(H,3,4)(H,5,6). The maximum Gasteiger partial charge on any atom is 0.414 e. The number of ether oxygens (including phenoxy) is 1. The van der Waals surface area contributed by atoms with Gasteiger partial charge in [0.25, 0.3) is 5.91 Å². The van der Waals surface area contributed by atoms with E-state index < -0.39 is 11.9 Å². The summed E-state index contributed by atoms with van der Waals surface area (Å²) in [5.41, 5.74) is 0. The van der Waals surface area contributed by atoms with Crippen LogP contribution in [0, 0.1) is 5.92 Å². The highest BCUT2D eigenvalue weighted by Gasteiger charge is 2.23. The molecular formula is C21H28N2O6. The van der Waals surface area contributed by atoms with Gasteiger partial charge in [-0.05, 0) is 37.3 Å². The average molecular weight is 404 g/mol. The number of amides is 1. The topological polar surface area (TPSA) is 107 Å². The molecule has 1 unspecified atom stereocenters. The fraction of sp³-hybridized carbons (Fsp3) is 0.476. The zero-order valence-corrected chi connectivity index (χ0v) is 16.4. The lowest BCUT2D eigenvalue weighted by atomic mass is 9.94. The van der Waals surface area contributed by atoms with E-state index in [4.69, 9.17) is 24.5 Å². The third kappa shape index (κ3) is 8.35. The molecule has 3 rings (SSSR count). The second-order valence-corrected chi connectivity index (χ2v) is 7.04. The van der Waals surface area contributed by atoms with Crippen LogP contribution in [0.2, 0.25) is 0 Å². The molecule has 8 nitrogen and oxygen atoms in total. The Morgan fingerprint density at radius 3 is 2.17 bits per heavy atom. The minimum atomic E-state index is -1.82. The first-order chi connectivity index (χ1) is 14.0. The van der Waals surface area contributed by atoms with Crippen molar-refractivity contribution in [2.45, 2.75) is 19.3 Å². The van der Waals surface area contributed by atoms with Crippen LogP contribution in [0.1, 0.15) is 19.3 Å². The van der Waals surface area contributed by atoms with E-state index in [1.165, 1.54) is 25.8 Å². The van der Waals surface area contributed by atoms with Crippen molar-refractivity contribution >= 4 is 17.8 Å². The summed E-state index contributed by atoms with van der Waals surface area (Å²) >= 11 is 0. The highest BCUT2D eigenvalue weighted by molar-refractivity contribution is 6.27. The number of benzene rings is 1. The molecule has 0 aromatic heterocycles. The Bertz CT molecular complexity index is 686. The minimum Gasteiger partial charge on any atom is -0.484 e. The molecule has 2 N–H and O–H groups in total. The first-order valence-electron chi connectivity index (χ1n) is 9.75. The summed E-state index contributed by atoms with van der Waals surface area (Å²) in [5.74, 6) is -2.01. The van der Waals surface area contributed by atoms with E-state index in [-0.39, 0.29) is 12.5 Å². The van der Waals surface area contributed by atoms with Crippen molar-refractivity contribution < 1.29 is 29.3 Å². The van der Waals surface area contributed by atoms with E-state index >= 15 is 0 Å². The molecule has 1 aliphatic carbocycles. The van der Waals surface area contributed by atoms with Crippen LogP contribution in [0.3, 0.4) is 0 Å². The normalized spacial score (nSPS) is 19.0. The molecule has 1 fully saturated rings. The first-order valence-corrected chi connectivity index (χ1v) is 9.75. The van der Waals surface area contributed by atoms with Gasteiger partial charge in [0.05, 0.1) is 0 Å². The van der Waals surface area contributed by atoms with Gasteiger partial charge in [0.1, 0.15) is 5.75 Å². The number of hydrogen-bond donors (Lipinski definition) is 2. The fourth-order valence-electron chi connectivity index (χ4n) is 3.32. The van der Waals surface area contributed by atoms with Gasteiger partial charge < -0.3 is 19.8 Å². The fourth-order valence-corrected chi connectivity index (χ4v) is 3.32. The van der Waals surface area contributed by atoms with Crippen LogP contribution in [0.5, 0.6) is 5.75 Å². The zero-order chi connectivity index (χ0) is 21.1. The smallest absolute Gasteiger partial charge is 0.414 e. The Morgan fingerprint density at radius 1 is 0.966 bits per heavy atom. The Morgan fingerprint density at radius 2 is 1.62 bits per heavy atom. The number of carboxylic acids is 2. The van der Waals surface area contributed by atoms with Gasteiger partial charge in [0.15, 0.2) is 6.61 Å². The summed E-state index contributed by atoms with van der Waals surface area (Å²) < 4.78 is 5.56. The maximum atomic E-state index is 12.2. The highest BCUT2D eigenvalue weighted by atomic mass is 16.5. The van der Waals surface area contributed by atoms with E-state index in [0.717, 1.165) is 37.8 Å². The molecule has 0 radical (unpaired) electrons. The Hall–Kier alpha value is -2.87. The van der Waals surface area contributed by atoms with Crippen LogP contribution in [0.4, 0.5) is 0 Å². The van der Waals surface area contributed by atoms with E-state index in [1.54, 1.807) is 0 Å². The molecule has 1 aliphatic heterocycles. The van der Waals surface area contributed by atoms with Crippen molar-refractivity contribution in [3.63, 3.8) is 0 Å². The Kier molecular flexibility index (Phi) is 9.17. The number of carbonyl (C=O) groups excluding carboxylic acids is 1. The molecule has 0 spiro atoms. The molecule has 0 bridgehead atoms. The second kappa shape index (κ2) is 11.9. The molecule has 29 heavy (non-hydrogen) atoms. The number of para-hydroxylation sites is 1. The number of nitrogens with zero attached hydrogens (tertiary/aromatic N) is 2. The molecule has 1 amide bonds. The van der Waals surface area contributed by atoms with Gasteiger partial charge in [-0.15, -0.1) is 0 Å². The van der Waals surface area contributed by atoms with Crippen LogP contribution in [0.25, 0.3) is 0 Å². The van der Waals surface area contributed by atoms with Crippen molar-refractivity contribution in [3.05, 3.63) is 42.5 Å². The van der Waals surface area contributed by atoms with Gasteiger partial charge in [-0.25, -0.2) is 9.59 Å². The van der Waals surface area contributed by atoms with Crippen molar-refractivity contribution in [3.8, 4) is 5.75 Å². The molecule has 0 saturated carbocycles. The minimum absolute atomic E-state index is 0.0918. The molecule has 1 aromatic rings. The number of rotatable bonds is 5. The summed E-state index contributed by atoms with van der Waals surface area (Å²) in [6, 6.07) is 9.53. The molecule has 1 atom stereocenters. The Balaban J connectivity index is 0.000000438. The van der Waals surface area contributed by atoms with Crippen LogP contribution in [-0.4, -0.2) is 77.2 Å². The average Bonchev–Trinajstić information content (AvgIpc) is 2.74. The van der Waals surface area contributed by atoms with E-state index in [9.17, 15) is 4.79 Å². The first kappa shape index (κ1) is 22.4. The molecule has 158 valence electrons. The number of carboxylic acid groups (broad SMARTS) is 2. The number of hydrogen-bond acceptors (Lipinski definition) is 5. The van der Waals surface area contributed by atoms with E-state index in [2.05, 4.69) is 17.1 Å². The number of allylic oxidation sites excluding steroid dienone is 2. The van der Waals surface area contributed by atoms with Crippen LogP contribution in [0.15, 0.2) is 42.5 Å². The van der Waals surface area contributed by atoms with Crippen LogP contribution < -0.4 is 4.74 Å². The highest BCUT2D eigenvalue weighted by Crippen LogP contribution is 2.20. The number of carbonyl (C=O) groups is 3. The lowest BCUT2D eigenvalue weighted by Gasteiger charge is -2.36. The third-order valence-corrected chi connectivity index (χ3v) is 4.91. The van der Waals surface area contributed by atoms with Gasteiger partial charge in [-0.1, -0.05) is 30.4 Å². The quantitative estimate of drug-likeness (QED) is 0.568. The predicted octanol–water partition coefficient (Wildman–Crippen LogP) is 1.72. The third-order valence-electron chi connectivity index (χ3n) is 4.91. The largest absolute Gasteiger partial charge is 0.484 e. The van der Waals surface area contributed by atoms with Crippen LogP contribution in [-0.2, 0) is 14.4 Å². The lowest BCUT2D eigenvalue weighted by Crippen LogP contribution is -2.50. The Labute approximate surface area is 170 Å². The second-order valence-electron chi connectivity index (χ2n) is 7.04. The van der Waals surface area contributed by atoms with Crippen LogP contribution >= 0.6 is 0 Å².